The SMILES string of the molecule is CC(=O)Nc1ccc(C(=O)N[C@@H]2CC[C@H]3CCCC[C@@H]3C2)s1. The van der Waals surface area contributed by atoms with Crippen molar-refractivity contribution in [3.63, 3.8) is 0 Å². The van der Waals surface area contributed by atoms with Gasteiger partial charge in [0.1, 0.15) is 0 Å². The molecule has 0 saturated heterocycles. The molecule has 1 heterocycles. The van der Waals surface area contributed by atoms with Crippen molar-refractivity contribution in [2.75, 3.05) is 5.32 Å². The summed E-state index contributed by atoms with van der Waals surface area (Å²) in [6.45, 7) is 1.47. The average molecular weight is 320 g/mol. The number of rotatable bonds is 3. The van der Waals surface area contributed by atoms with Gasteiger partial charge in [0.15, 0.2) is 0 Å². The topological polar surface area (TPSA) is 58.2 Å². The van der Waals surface area contributed by atoms with Gasteiger partial charge < -0.3 is 10.6 Å². The molecule has 0 unspecified atom stereocenters. The van der Waals surface area contributed by atoms with Gasteiger partial charge in [-0.05, 0) is 43.2 Å². The summed E-state index contributed by atoms with van der Waals surface area (Å²) in [4.78, 5) is 24.1. The number of hydrogen-bond acceptors (Lipinski definition) is 3. The second kappa shape index (κ2) is 6.82. The fourth-order valence-electron chi connectivity index (χ4n) is 3.96. The summed E-state index contributed by atoms with van der Waals surface area (Å²) >= 11 is 1.34. The van der Waals surface area contributed by atoms with E-state index < -0.39 is 0 Å². The first kappa shape index (κ1) is 15.5. The fraction of sp³-hybridized carbons (Fsp3) is 0.647. The highest BCUT2D eigenvalue weighted by molar-refractivity contribution is 7.18. The quantitative estimate of drug-likeness (QED) is 0.890. The van der Waals surface area contributed by atoms with Gasteiger partial charge in [-0.3, -0.25) is 9.59 Å². The number of hydrogen-bond donors (Lipinski definition) is 2. The van der Waals surface area contributed by atoms with Crippen LogP contribution in [0.3, 0.4) is 0 Å². The number of carbonyl (C=O) groups is 2. The Morgan fingerprint density at radius 1 is 1.09 bits per heavy atom. The third-order valence-electron chi connectivity index (χ3n) is 5.00. The Hall–Kier alpha value is -1.36. The van der Waals surface area contributed by atoms with Crippen molar-refractivity contribution in [2.45, 2.75) is 57.9 Å². The van der Waals surface area contributed by atoms with Crippen molar-refractivity contribution in [2.24, 2.45) is 11.8 Å². The second-order valence-corrected chi connectivity index (χ2v) is 7.72. The summed E-state index contributed by atoms with van der Waals surface area (Å²) in [5.74, 6) is 1.60. The standard InChI is InChI=1S/C17H24N2O2S/c1-11(20)18-16-9-8-15(22-16)17(21)19-14-7-6-12-4-2-3-5-13(12)10-14/h8-9,12-14H,2-7,10H2,1H3,(H,18,20)(H,19,21)/t12-,13-,14-/m1/s1. The van der Waals surface area contributed by atoms with Crippen LogP contribution in [0, 0.1) is 11.8 Å². The lowest BCUT2D eigenvalue weighted by molar-refractivity contribution is -0.114. The Labute approximate surface area is 135 Å². The molecule has 3 rings (SSSR count). The maximum atomic E-state index is 12.4. The van der Waals surface area contributed by atoms with E-state index >= 15 is 0 Å². The van der Waals surface area contributed by atoms with Crippen molar-refractivity contribution < 1.29 is 9.59 Å². The van der Waals surface area contributed by atoms with E-state index in [1.54, 1.807) is 12.1 Å². The second-order valence-electron chi connectivity index (χ2n) is 6.63. The van der Waals surface area contributed by atoms with Crippen molar-refractivity contribution in [3.8, 4) is 0 Å². The third-order valence-corrected chi connectivity index (χ3v) is 6.00. The Morgan fingerprint density at radius 2 is 1.86 bits per heavy atom. The van der Waals surface area contributed by atoms with Crippen LogP contribution in [0.4, 0.5) is 5.00 Å². The van der Waals surface area contributed by atoms with E-state index in [1.807, 2.05) is 0 Å². The highest BCUT2D eigenvalue weighted by Crippen LogP contribution is 2.40. The molecule has 22 heavy (non-hydrogen) atoms. The van der Waals surface area contributed by atoms with Gasteiger partial charge in [0, 0.05) is 13.0 Å². The van der Waals surface area contributed by atoms with E-state index in [0.717, 1.165) is 29.7 Å². The average Bonchev–Trinajstić information content (AvgIpc) is 2.95. The van der Waals surface area contributed by atoms with E-state index in [0.29, 0.717) is 10.9 Å². The minimum absolute atomic E-state index is 0.000798. The summed E-state index contributed by atoms with van der Waals surface area (Å²) in [7, 11) is 0. The molecule has 4 nitrogen and oxygen atoms in total. The molecular formula is C17H24N2O2S. The molecule has 1 aromatic rings. The summed E-state index contributed by atoms with van der Waals surface area (Å²) < 4.78 is 0. The zero-order valence-corrected chi connectivity index (χ0v) is 13.9. The summed E-state index contributed by atoms with van der Waals surface area (Å²) in [6.07, 6.45) is 8.97. The molecule has 1 aromatic heterocycles. The number of thiophene rings is 1. The predicted molar refractivity (Wildman–Crippen MR) is 89.2 cm³/mol. The molecule has 2 aliphatic carbocycles. The summed E-state index contributed by atoms with van der Waals surface area (Å²) in [5.41, 5.74) is 0. The molecule has 0 radical (unpaired) electrons. The van der Waals surface area contributed by atoms with Gasteiger partial charge in [0.2, 0.25) is 5.91 Å². The number of amides is 2. The molecule has 3 atom stereocenters. The van der Waals surface area contributed by atoms with Crippen molar-refractivity contribution in [3.05, 3.63) is 17.0 Å². The Kier molecular flexibility index (Phi) is 4.81. The fourth-order valence-corrected chi connectivity index (χ4v) is 4.82. The molecular weight excluding hydrogens is 296 g/mol. The van der Waals surface area contributed by atoms with E-state index in [2.05, 4.69) is 10.6 Å². The van der Waals surface area contributed by atoms with Gasteiger partial charge in [-0.1, -0.05) is 25.7 Å². The molecule has 2 fully saturated rings. The van der Waals surface area contributed by atoms with Crippen LogP contribution in [0.1, 0.15) is 61.5 Å². The van der Waals surface area contributed by atoms with Crippen LogP contribution in [0.5, 0.6) is 0 Å². The molecule has 0 aliphatic heterocycles. The summed E-state index contributed by atoms with van der Waals surface area (Å²) in [5, 5.41) is 6.64. The molecule has 5 heteroatoms. The van der Waals surface area contributed by atoms with E-state index in [1.165, 1.54) is 50.4 Å². The largest absolute Gasteiger partial charge is 0.349 e. The van der Waals surface area contributed by atoms with Crippen LogP contribution in [0.2, 0.25) is 0 Å². The van der Waals surface area contributed by atoms with E-state index in [-0.39, 0.29) is 11.8 Å². The lowest BCUT2D eigenvalue weighted by Gasteiger charge is -2.39. The molecule has 2 amide bonds. The van der Waals surface area contributed by atoms with Crippen LogP contribution >= 0.6 is 11.3 Å². The maximum absolute atomic E-state index is 12.4. The smallest absolute Gasteiger partial charge is 0.261 e. The lowest BCUT2D eigenvalue weighted by Crippen LogP contribution is -2.41. The molecule has 120 valence electrons. The van der Waals surface area contributed by atoms with Crippen molar-refractivity contribution >= 4 is 28.2 Å². The number of nitrogens with one attached hydrogen (secondary N) is 2. The molecule has 0 bridgehead atoms. The lowest BCUT2D eigenvalue weighted by atomic mass is 9.69. The highest BCUT2D eigenvalue weighted by Gasteiger charge is 2.32. The van der Waals surface area contributed by atoms with E-state index in [4.69, 9.17) is 0 Å². The van der Waals surface area contributed by atoms with Crippen LogP contribution < -0.4 is 10.6 Å². The number of fused-ring (bicyclic) bond motifs is 1. The van der Waals surface area contributed by atoms with Gasteiger partial charge in [0.05, 0.1) is 9.88 Å². The zero-order valence-electron chi connectivity index (χ0n) is 13.1. The highest BCUT2D eigenvalue weighted by atomic mass is 32.1. The van der Waals surface area contributed by atoms with Crippen molar-refractivity contribution in [1.29, 1.82) is 0 Å². The normalized spacial score (nSPS) is 27.8. The van der Waals surface area contributed by atoms with Gasteiger partial charge in [-0.15, -0.1) is 11.3 Å². The van der Waals surface area contributed by atoms with Gasteiger partial charge in [-0.25, -0.2) is 0 Å². The Morgan fingerprint density at radius 3 is 2.64 bits per heavy atom. The third kappa shape index (κ3) is 3.69. The van der Waals surface area contributed by atoms with Crippen LogP contribution in [-0.2, 0) is 4.79 Å². The molecule has 0 spiro atoms. The minimum Gasteiger partial charge on any atom is -0.349 e. The van der Waals surface area contributed by atoms with Crippen molar-refractivity contribution in [1.82, 2.24) is 5.32 Å². The van der Waals surface area contributed by atoms with Gasteiger partial charge in [0.25, 0.3) is 5.91 Å². The van der Waals surface area contributed by atoms with E-state index in [9.17, 15) is 9.59 Å². The summed E-state index contributed by atoms with van der Waals surface area (Å²) in [6, 6.07) is 3.90. The molecule has 2 N–H and O–H groups in total. The van der Waals surface area contributed by atoms with Crippen LogP contribution in [-0.4, -0.2) is 17.9 Å². The van der Waals surface area contributed by atoms with Gasteiger partial charge in [-0.2, -0.15) is 0 Å². The first-order valence-corrected chi connectivity index (χ1v) is 9.12. The molecule has 0 aromatic carbocycles. The number of carbonyl (C=O) groups excluding carboxylic acids is 2. The Bertz CT molecular complexity index is 555. The minimum atomic E-state index is -0.107. The van der Waals surface area contributed by atoms with Crippen LogP contribution in [0.15, 0.2) is 12.1 Å². The monoisotopic (exact) mass is 320 g/mol. The zero-order chi connectivity index (χ0) is 15.5. The predicted octanol–water partition coefficient (Wildman–Crippen LogP) is 3.80. The first-order valence-electron chi connectivity index (χ1n) is 8.30. The maximum Gasteiger partial charge on any atom is 0.261 e. The molecule has 2 aliphatic rings. The number of anilines is 1. The van der Waals surface area contributed by atoms with Crippen LogP contribution in [0.25, 0.3) is 0 Å². The first-order chi connectivity index (χ1) is 10.6. The molecule has 2 saturated carbocycles. The van der Waals surface area contributed by atoms with Gasteiger partial charge >= 0.3 is 0 Å². The Balaban J connectivity index is 1.55.